The number of phenols is 1. The highest BCUT2D eigenvalue weighted by molar-refractivity contribution is 5.89. The lowest BCUT2D eigenvalue weighted by molar-refractivity contribution is -0.0851. The molecule has 0 aliphatic rings. The molecule has 0 heterocycles. The van der Waals surface area contributed by atoms with Crippen LogP contribution < -0.4 is 4.74 Å². The van der Waals surface area contributed by atoms with Gasteiger partial charge in [-0.3, -0.25) is 0 Å². The molecule has 2 aromatic carbocycles. The van der Waals surface area contributed by atoms with Crippen LogP contribution in [0.1, 0.15) is 10.4 Å². The molecule has 0 amide bonds. The first-order chi connectivity index (χ1) is 9.65. The monoisotopic (exact) mass is 274 g/mol. The summed E-state index contributed by atoms with van der Waals surface area (Å²) in [6.45, 7) is -0.159. The molecule has 0 fully saturated rings. The Morgan fingerprint density at radius 2 is 1.70 bits per heavy atom. The molecule has 0 saturated heterocycles. The minimum absolute atomic E-state index is 0.0505. The summed E-state index contributed by atoms with van der Waals surface area (Å²) in [7, 11) is 0. The van der Waals surface area contributed by atoms with Gasteiger partial charge in [0, 0.05) is 0 Å². The molecule has 0 radical (unpaired) electrons. The third-order valence-corrected chi connectivity index (χ3v) is 2.48. The highest BCUT2D eigenvalue weighted by atomic mass is 16.7. The molecule has 2 aromatic rings. The molecule has 1 unspecified atom stereocenters. The van der Waals surface area contributed by atoms with Crippen LogP contribution in [-0.4, -0.2) is 29.1 Å². The number of ether oxygens (including phenoxy) is 2. The molecule has 104 valence electrons. The number of aromatic hydroxyl groups is 1. The smallest absolute Gasteiger partial charge is 0.340 e. The van der Waals surface area contributed by atoms with E-state index >= 15 is 0 Å². The number of esters is 1. The van der Waals surface area contributed by atoms with Crippen LogP contribution in [0, 0.1) is 0 Å². The predicted octanol–water partition coefficient (Wildman–Crippen LogP) is 1.95. The van der Waals surface area contributed by atoms with Crippen molar-refractivity contribution in [1.29, 1.82) is 0 Å². The van der Waals surface area contributed by atoms with Gasteiger partial charge in [-0.2, -0.15) is 0 Å². The molecule has 2 rings (SSSR count). The lowest BCUT2D eigenvalue weighted by Crippen LogP contribution is -2.24. The highest BCUT2D eigenvalue weighted by Gasteiger charge is 2.13. The Balaban J connectivity index is 1.83. The van der Waals surface area contributed by atoms with E-state index in [-0.39, 0.29) is 17.9 Å². The van der Waals surface area contributed by atoms with E-state index < -0.39 is 12.3 Å². The number of aliphatic hydroxyl groups is 1. The van der Waals surface area contributed by atoms with Gasteiger partial charge >= 0.3 is 5.97 Å². The van der Waals surface area contributed by atoms with Gasteiger partial charge in [0.2, 0.25) is 6.29 Å². The van der Waals surface area contributed by atoms with E-state index in [9.17, 15) is 9.90 Å². The lowest BCUT2D eigenvalue weighted by atomic mass is 10.2. The molecule has 0 aliphatic carbocycles. The van der Waals surface area contributed by atoms with Crippen LogP contribution in [0.15, 0.2) is 54.6 Å². The summed E-state index contributed by atoms with van der Waals surface area (Å²) in [5.41, 5.74) is 0.238. The van der Waals surface area contributed by atoms with Crippen LogP contribution in [0.25, 0.3) is 0 Å². The van der Waals surface area contributed by atoms with Crippen LogP contribution in [0.3, 0.4) is 0 Å². The van der Waals surface area contributed by atoms with E-state index in [0.717, 1.165) is 0 Å². The van der Waals surface area contributed by atoms with Crippen LogP contribution in [0.5, 0.6) is 11.5 Å². The van der Waals surface area contributed by atoms with Gasteiger partial charge in [-0.05, 0) is 36.4 Å². The maximum absolute atomic E-state index is 11.7. The Hall–Kier alpha value is -2.53. The van der Waals surface area contributed by atoms with Crippen molar-refractivity contribution in [2.45, 2.75) is 6.29 Å². The largest absolute Gasteiger partial charge is 0.508 e. The molecule has 0 spiro atoms. The van der Waals surface area contributed by atoms with Crippen molar-refractivity contribution >= 4 is 5.97 Å². The van der Waals surface area contributed by atoms with Gasteiger partial charge in [0.25, 0.3) is 0 Å². The fraction of sp³-hybridized carbons (Fsp3) is 0.133. The van der Waals surface area contributed by atoms with Crippen molar-refractivity contribution in [3.8, 4) is 11.5 Å². The quantitative estimate of drug-likeness (QED) is 0.643. The van der Waals surface area contributed by atoms with E-state index in [2.05, 4.69) is 0 Å². The zero-order valence-electron chi connectivity index (χ0n) is 10.6. The van der Waals surface area contributed by atoms with Gasteiger partial charge < -0.3 is 19.7 Å². The van der Waals surface area contributed by atoms with Crippen LogP contribution in [-0.2, 0) is 4.74 Å². The molecule has 0 aliphatic heterocycles. The summed E-state index contributed by atoms with van der Waals surface area (Å²) in [5, 5.41) is 18.7. The second kappa shape index (κ2) is 6.58. The Morgan fingerprint density at radius 3 is 2.35 bits per heavy atom. The first kappa shape index (κ1) is 13.9. The van der Waals surface area contributed by atoms with E-state index in [4.69, 9.17) is 14.6 Å². The van der Waals surface area contributed by atoms with Gasteiger partial charge in [-0.25, -0.2) is 4.79 Å². The first-order valence-electron chi connectivity index (χ1n) is 6.01. The van der Waals surface area contributed by atoms with E-state index in [1.165, 1.54) is 24.3 Å². The Morgan fingerprint density at radius 1 is 1.05 bits per heavy atom. The second-order valence-electron chi connectivity index (χ2n) is 4.03. The van der Waals surface area contributed by atoms with Crippen molar-refractivity contribution in [2.24, 2.45) is 0 Å². The van der Waals surface area contributed by atoms with Crippen molar-refractivity contribution in [3.63, 3.8) is 0 Å². The first-order valence-corrected chi connectivity index (χ1v) is 6.01. The van der Waals surface area contributed by atoms with E-state index in [1.807, 2.05) is 6.07 Å². The number of rotatable bonds is 5. The summed E-state index contributed by atoms with van der Waals surface area (Å²) in [4.78, 5) is 11.7. The zero-order valence-corrected chi connectivity index (χ0v) is 10.6. The molecular weight excluding hydrogens is 260 g/mol. The van der Waals surface area contributed by atoms with Gasteiger partial charge in [0.15, 0.2) is 6.61 Å². The van der Waals surface area contributed by atoms with Gasteiger partial charge in [-0.15, -0.1) is 0 Å². The number of para-hydroxylation sites is 1. The molecule has 5 nitrogen and oxygen atoms in total. The topological polar surface area (TPSA) is 76.0 Å². The number of hydrogen-bond acceptors (Lipinski definition) is 5. The SMILES string of the molecule is O=C(OC(O)COc1ccccc1)c1ccc(O)cc1. The maximum Gasteiger partial charge on any atom is 0.340 e. The minimum Gasteiger partial charge on any atom is -0.508 e. The molecular formula is C15H14O5. The fourth-order valence-electron chi connectivity index (χ4n) is 1.51. The van der Waals surface area contributed by atoms with Crippen molar-refractivity contribution in [1.82, 2.24) is 0 Å². The summed E-state index contributed by atoms with van der Waals surface area (Å²) in [6.07, 6.45) is -1.36. The predicted molar refractivity (Wildman–Crippen MR) is 71.5 cm³/mol. The van der Waals surface area contributed by atoms with Crippen LogP contribution in [0.4, 0.5) is 0 Å². The number of hydrogen-bond donors (Lipinski definition) is 2. The minimum atomic E-state index is -1.36. The Labute approximate surface area is 116 Å². The van der Waals surface area contributed by atoms with E-state index in [0.29, 0.717) is 5.75 Å². The molecule has 0 bridgehead atoms. The summed E-state index contributed by atoms with van der Waals surface area (Å²) in [6, 6.07) is 14.4. The number of benzene rings is 2. The molecule has 20 heavy (non-hydrogen) atoms. The average molecular weight is 274 g/mol. The highest BCUT2D eigenvalue weighted by Crippen LogP contribution is 2.12. The zero-order chi connectivity index (χ0) is 14.4. The average Bonchev–Trinajstić information content (AvgIpc) is 2.47. The number of carbonyl (C=O) groups excluding carboxylic acids is 1. The Kier molecular flexibility index (Phi) is 4.57. The van der Waals surface area contributed by atoms with Crippen LogP contribution in [0.2, 0.25) is 0 Å². The molecule has 2 N–H and O–H groups in total. The van der Waals surface area contributed by atoms with Gasteiger partial charge in [0.1, 0.15) is 11.5 Å². The van der Waals surface area contributed by atoms with Crippen molar-refractivity contribution < 1.29 is 24.5 Å². The van der Waals surface area contributed by atoms with Crippen molar-refractivity contribution in [2.75, 3.05) is 6.61 Å². The molecule has 1 atom stereocenters. The summed E-state index contributed by atoms with van der Waals surface area (Å²) < 4.78 is 10.1. The van der Waals surface area contributed by atoms with Crippen LogP contribution >= 0.6 is 0 Å². The third-order valence-electron chi connectivity index (χ3n) is 2.48. The lowest BCUT2D eigenvalue weighted by Gasteiger charge is -2.13. The fourth-order valence-corrected chi connectivity index (χ4v) is 1.51. The molecule has 0 saturated carbocycles. The summed E-state index contributed by atoms with van der Waals surface area (Å²) in [5.74, 6) is -0.0593. The van der Waals surface area contributed by atoms with Gasteiger partial charge in [-0.1, -0.05) is 18.2 Å². The maximum atomic E-state index is 11.7. The third kappa shape index (κ3) is 4.00. The van der Waals surface area contributed by atoms with Crippen molar-refractivity contribution in [3.05, 3.63) is 60.2 Å². The number of aliphatic hydroxyl groups excluding tert-OH is 1. The molecule has 0 aromatic heterocycles. The standard InChI is InChI=1S/C15H14O5/c16-12-8-6-11(7-9-12)15(18)20-14(17)10-19-13-4-2-1-3-5-13/h1-9,14,16-17H,10H2. The van der Waals surface area contributed by atoms with Gasteiger partial charge in [0.05, 0.1) is 5.56 Å². The number of carbonyl (C=O) groups is 1. The van der Waals surface area contributed by atoms with E-state index in [1.54, 1.807) is 24.3 Å². The Bertz CT molecular complexity index is 550. The second-order valence-corrected chi connectivity index (χ2v) is 4.03. The number of phenolic OH excluding ortho intramolecular Hbond substituents is 1. The normalized spacial score (nSPS) is 11.7. The molecule has 5 heteroatoms. The summed E-state index contributed by atoms with van der Waals surface area (Å²) >= 11 is 0.